The van der Waals surface area contributed by atoms with Gasteiger partial charge in [0.2, 0.25) is 0 Å². The maximum absolute atomic E-state index is 13.2. The summed E-state index contributed by atoms with van der Waals surface area (Å²) in [6.45, 7) is 13.9. The number of aliphatic hydroxyl groups excluding tert-OH is 9. The molecule has 5 aliphatic carbocycles. The Kier molecular flexibility index (Phi) is 13.2. The average molecular weight is 913 g/mol. The van der Waals surface area contributed by atoms with Gasteiger partial charge in [-0.15, -0.1) is 0 Å². The van der Waals surface area contributed by atoms with E-state index in [-0.39, 0.29) is 52.6 Å². The van der Waals surface area contributed by atoms with Gasteiger partial charge >= 0.3 is 5.97 Å². The van der Waals surface area contributed by atoms with Crippen LogP contribution in [0.1, 0.15) is 113 Å². The second kappa shape index (κ2) is 17.2. The Bertz CT molecular complexity index is 1750. The Morgan fingerprint density at radius 3 is 2.02 bits per heavy atom. The van der Waals surface area contributed by atoms with Gasteiger partial charge in [0.05, 0.1) is 37.4 Å². The third-order valence-electron chi connectivity index (χ3n) is 19.1. The van der Waals surface area contributed by atoms with Crippen LogP contribution in [0.3, 0.4) is 0 Å². The summed E-state index contributed by atoms with van der Waals surface area (Å²) in [5, 5.41) is 108. The third-order valence-corrected chi connectivity index (χ3v) is 19.1. The van der Waals surface area contributed by atoms with Gasteiger partial charge in [0.1, 0.15) is 61.0 Å². The smallest absolute Gasteiger partial charge is 0.310 e. The van der Waals surface area contributed by atoms with E-state index in [2.05, 4.69) is 40.7 Å². The van der Waals surface area contributed by atoms with Crippen LogP contribution in [0.2, 0.25) is 0 Å². The summed E-state index contributed by atoms with van der Waals surface area (Å²) in [5.74, 6) is -0.473. The van der Waals surface area contributed by atoms with E-state index in [4.69, 9.17) is 28.4 Å². The fourth-order valence-corrected chi connectivity index (χ4v) is 14.8. The molecule has 0 unspecified atom stereocenters. The first-order valence-corrected chi connectivity index (χ1v) is 23.7. The Labute approximate surface area is 376 Å². The Balaban J connectivity index is 1.08. The molecule has 0 bridgehead atoms. The highest BCUT2D eigenvalue weighted by Gasteiger charge is 2.70. The molecular weight excluding hydrogens is 837 g/mol. The van der Waals surface area contributed by atoms with Crippen LogP contribution in [0.15, 0.2) is 11.6 Å². The number of fused-ring (bicyclic) bond motifs is 7. The third kappa shape index (κ3) is 7.49. The number of allylic oxidation sites excluding steroid dienone is 2. The number of hydrogen-bond donors (Lipinski definition) is 10. The SMILES string of the molecule is C[C@@H]1O[C@@H](O[C@H]2[C@H](O[C@H]3CC[C@@]4(C)[C@@H](CC[C@]5(C)[C@@H]4CC=C4[C@@H]6CC(C)(C)CC[C@]6(C(=O)O)CC[C@]45C)[C@]3(C)CO)OC[C@H](O)[C@@H]2O[C@@H]2O[C@H](CO)[C@@H](O)[C@H](O)[C@H]2O)[C@H](O)[C@H](O)[C@H]1O. The van der Waals surface area contributed by atoms with Crippen LogP contribution in [0.4, 0.5) is 0 Å². The van der Waals surface area contributed by atoms with Crippen LogP contribution in [0.5, 0.6) is 0 Å². The summed E-state index contributed by atoms with van der Waals surface area (Å²) in [7, 11) is 0. The van der Waals surface area contributed by atoms with Crippen molar-refractivity contribution < 1.29 is 84.3 Å². The zero-order chi connectivity index (χ0) is 46.7. The molecule has 0 spiro atoms. The van der Waals surface area contributed by atoms with Crippen molar-refractivity contribution in [3.05, 3.63) is 11.6 Å². The van der Waals surface area contributed by atoms with Crippen molar-refractivity contribution in [2.75, 3.05) is 19.8 Å². The summed E-state index contributed by atoms with van der Waals surface area (Å²) >= 11 is 0. The molecule has 17 heteroatoms. The molecule has 4 saturated carbocycles. The molecule has 0 aromatic rings. The van der Waals surface area contributed by atoms with Crippen molar-refractivity contribution >= 4 is 5.97 Å². The van der Waals surface area contributed by atoms with Gasteiger partial charge in [-0.05, 0) is 111 Å². The largest absolute Gasteiger partial charge is 0.481 e. The number of carboxylic acid groups (broad SMARTS) is 1. The molecule has 0 radical (unpaired) electrons. The van der Waals surface area contributed by atoms with E-state index in [1.807, 2.05) is 6.92 Å². The molecule has 3 aliphatic heterocycles. The first kappa shape index (κ1) is 49.0. The second-order valence-electron chi connectivity index (χ2n) is 22.9. The lowest BCUT2D eigenvalue weighted by atomic mass is 9.33. The minimum atomic E-state index is -1.83. The van der Waals surface area contributed by atoms with Gasteiger partial charge in [-0.2, -0.15) is 0 Å². The predicted octanol–water partition coefficient (Wildman–Crippen LogP) is 1.35. The molecule has 0 amide bonds. The molecule has 366 valence electrons. The Morgan fingerprint density at radius 1 is 0.719 bits per heavy atom. The van der Waals surface area contributed by atoms with Crippen LogP contribution in [0.25, 0.3) is 0 Å². The zero-order valence-electron chi connectivity index (χ0n) is 38.5. The van der Waals surface area contributed by atoms with Crippen LogP contribution >= 0.6 is 0 Å². The van der Waals surface area contributed by atoms with Crippen molar-refractivity contribution in [3.8, 4) is 0 Å². The standard InChI is InChI=1S/C47H76O17/c1-22-30(51)32(53)34(55)38(60-22)64-37-36(63-39-35(56)33(54)31(52)26(19-48)61-39)25(50)20-59-40(37)62-29-11-12-43(4)27(44(29,5)21-49)10-13-46(7)28(43)9-8-23-24-18-42(2,3)14-16-47(24,41(57)58)17-15-45(23,46)6/h8,22,24-40,48-56H,9-21H2,1-7H3,(H,57,58)/t22-,24-,25-,26+,27+,28+,29-,30-,31+,32+,33-,34+,35+,36-,37+,38-,39-,40-,43-,44-,45+,46+,47-/m0/s1. The van der Waals surface area contributed by atoms with Gasteiger partial charge in [0.25, 0.3) is 0 Å². The molecule has 8 rings (SSSR count). The van der Waals surface area contributed by atoms with Gasteiger partial charge in [-0.3, -0.25) is 4.79 Å². The number of ether oxygens (including phenoxy) is 6. The van der Waals surface area contributed by atoms with E-state index in [0.29, 0.717) is 19.3 Å². The minimum absolute atomic E-state index is 0.0167. The molecule has 7 fully saturated rings. The highest BCUT2D eigenvalue weighted by molar-refractivity contribution is 5.76. The van der Waals surface area contributed by atoms with Gasteiger partial charge in [0.15, 0.2) is 18.9 Å². The number of carboxylic acids is 1. The molecule has 10 N–H and O–H groups in total. The number of hydrogen-bond acceptors (Lipinski definition) is 16. The van der Waals surface area contributed by atoms with Crippen molar-refractivity contribution in [2.45, 2.75) is 205 Å². The van der Waals surface area contributed by atoms with E-state index in [1.54, 1.807) is 0 Å². The summed E-state index contributed by atoms with van der Waals surface area (Å²) in [4.78, 5) is 13.2. The maximum Gasteiger partial charge on any atom is 0.310 e. The lowest BCUT2D eigenvalue weighted by Crippen LogP contribution is -2.67. The molecule has 3 saturated heterocycles. The Hall–Kier alpha value is -1.39. The fraction of sp³-hybridized carbons (Fsp3) is 0.936. The maximum atomic E-state index is 13.2. The molecule has 64 heavy (non-hydrogen) atoms. The van der Waals surface area contributed by atoms with E-state index >= 15 is 0 Å². The van der Waals surface area contributed by atoms with E-state index < -0.39 is 116 Å². The fourth-order valence-electron chi connectivity index (χ4n) is 14.8. The quantitative estimate of drug-likeness (QED) is 0.116. The number of aliphatic hydroxyl groups is 9. The highest BCUT2D eigenvalue weighted by atomic mass is 16.8. The van der Waals surface area contributed by atoms with Gasteiger partial charge in [-0.1, -0.05) is 53.2 Å². The number of rotatable bonds is 9. The summed E-state index contributed by atoms with van der Waals surface area (Å²) in [6, 6.07) is 0. The monoisotopic (exact) mass is 913 g/mol. The summed E-state index contributed by atoms with van der Waals surface area (Å²) < 4.78 is 36.9. The second-order valence-corrected chi connectivity index (χ2v) is 22.9. The minimum Gasteiger partial charge on any atom is -0.481 e. The summed E-state index contributed by atoms with van der Waals surface area (Å²) in [5.41, 5.74) is -0.765. The van der Waals surface area contributed by atoms with Crippen LogP contribution < -0.4 is 0 Å². The topological polar surface area (TPSA) is 275 Å². The number of carbonyl (C=O) groups is 1. The highest BCUT2D eigenvalue weighted by Crippen LogP contribution is 2.76. The van der Waals surface area contributed by atoms with Crippen LogP contribution in [-0.2, 0) is 33.2 Å². The van der Waals surface area contributed by atoms with Crippen LogP contribution in [0, 0.1) is 50.2 Å². The van der Waals surface area contributed by atoms with Gasteiger partial charge in [0, 0.05) is 5.41 Å². The molecule has 8 aliphatic rings. The zero-order valence-corrected chi connectivity index (χ0v) is 38.5. The molecule has 23 atom stereocenters. The average Bonchev–Trinajstić information content (AvgIpc) is 3.24. The van der Waals surface area contributed by atoms with E-state index in [0.717, 1.165) is 44.9 Å². The normalized spacial score (nSPS) is 55.0. The lowest BCUT2D eigenvalue weighted by molar-refractivity contribution is -0.388. The van der Waals surface area contributed by atoms with Crippen LogP contribution in [-0.4, -0.2) is 169 Å². The molecule has 17 nitrogen and oxygen atoms in total. The van der Waals surface area contributed by atoms with Crippen molar-refractivity contribution in [1.29, 1.82) is 0 Å². The number of aliphatic carboxylic acids is 1. The molecule has 0 aromatic heterocycles. The van der Waals surface area contributed by atoms with Gasteiger partial charge < -0.3 is 79.5 Å². The van der Waals surface area contributed by atoms with Gasteiger partial charge in [-0.25, -0.2) is 0 Å². The first-order chi connectivity index (χ1) is 29.9. The van der Waals surface area contributed by atoms with Crippen molar-refractivity contribution in [3.63, 3.8) is 0 Å². The van der Waals surface area contributed by atoms with E-state index in [1.165, 1.54) is 12.5 Å². The van der Waals surface area contributed by atoms with Crippen molar-refractivity contribution in [1.82, 2.24) is 0 Å². The summed E-state index contributed by atoms with van der Waals surface area (Å²) in [6.07, 6.45) is -12.2. The predicted molar refractivity (Wildman–Crippen MR) is 225 cm³/mol. The molecule has 3 heterocycles. The van der Waals surface area contributed by atoms with E-state index in [9.17, 15) is 55.9 Å². The molecular formula is C47H76O17. The molecule has 0 aromatic carbocycles. The Morgan fingerprint density at radius 2 is 1.36 bits per heavy atom. The first-order valence-electron chi connectivity index (χ1n) is 23.7. The van der Waals surface area contributed by atoms with Crippen molar-refractivity contribution in [2.24, 2.45) is 50.2 Å². The lowest BCUT2D eigenvalue weighted by Gasteiger charge is -2.71.